The first-order chi connectivity index (χ1) is 7.75. The molecule has 0 aliphatic heterocycles. The number of hydrogen-bond acceptors (Lipinski definition) is 4. The average Bonchev–Trinajstić information content (AvgIpc) is 2.30. The largest absolute Gasteiger partial charge is 0.392 e. The molecule has 2 rings (SSSR count). The molecule has 0 aromatic carbocycles. The second kappa shape index (κ2) is 5.37. The van der Waals surface area contributed by atoms with E-state index in [4.69, 9.17) is 0 Å². The first-order valence-corrected chi connectivity index (χ1v) is 5.94. The summed E-state index contributed by atoms with van der Waals surface area (Å²) in [6.07, 6.45) is 7.67. The number of nitrogens with one attached hydrogen (secondary N) is 1. The molecule has 16 heavy (non-hydrogen) atoms. The number of nitrogens with zero attached hydrogens (tertiary/aromatic N) is 2. The van der Waals surface area contributed by atoms with Crippen molar-refractivity contribution in [3.8, 4) is 0 Å². The molecule has 0 unspecified atom stereocenters. The van der Waals surface area contributed by atoms with Crippen LogP contribution in [0.15, 0.2) is 12.4 Å². The molecule has 1 heterocycles. The van der Waals surface area contributed by atoms with E-state index in [1.807, 2.05) is 6.92 Å². The molecule has 0 amide bonds. The quantitative estimate of drug-likeness (QED) is 0.804. The summed E-state index contributed by atoms with van der Waals surface area (Å²) in [6.45, 7) is 2.62. The third-order valence-corrected chi connectivity index (χ3v) is 3.11. The SMILES string of the molecule is Cc1cnc(CN[C@@H]2CCCC[C@H]2O)cn1. The van der Waals surface area contributed by atoms with Crippen molar-refractivity contribution in [2.24, 2.45) is 0 Å². The van der Waals surface area contributed by atoms with Crippen LogP contribution in [0.3, 0.4) is 0 Å². The molecule has 0 saturated heterocycles. The average molecular weight is 221 g/mol. The molecule has 4 nitrogen and oxygen atoms in total. The van der Waals surface area contributed by atoms with Gasteiger partial charge in [0.05, 0.1) is 17.5 Å². The Kier molecular flexibility index (Phi) is 3.85. The third-order valence-electron chi connectivity index (χ3n) is 3.11. The number of aromatic nitrogens is 2. The molecular formula is C12H19N3O. The zero-order valence-electron chi connectivity index (χ0n) is 9.69. The molecule has 1 aromatic rings. The van der Waals surface area contributed by atoms with Crippen molar-refractivity contribution in [2.75, 3.05) is 0 Å². The van der Waals surface area contributed by atoms with Crippen molar-refractivity contribution in [2.45, 2.75) is 51.3 Å². The standard InChI is InChI=1S/C12H19N3O/c1-9-6-14-10(7-13-9)8-15-11-4-2-3-5-12(11)16/h6-7,11-12,15-16H,2-5,8H2,1H3/t11-,12-/m1/s1. The zero-order valence-corrected chi connectivity index (χ0v) is 9.69. The van der Waals surface area contributed by atoms with Crippen LogP contribution in [0.4, 0.5) is 0 Å². The Labute approximate surface area is 96.1 Å². The van der Waals surface area contributed by atoms with Crippen LogP contribution in [-0.2, 0) is 6.54 Å². The molecular weight excluding hydrogens is 202 g/mol. The molecule has 0 radical (unpaired) electrons. The monoisotopic (exact) mass is 221 g/mol. The maximum atomic E-state index is 9.79. The molecule has 1 saturated carbocycles. The number of aliphatic hydroxyl groups is 1. The van der Waals surface area contributed by atoms with E-state index in [0.717, 1.165) is 30.7 Å². The van der Waals surface area contributed by atoms with E-state index in [0.29, 0.717) is 6.54 Å². The van der Waals surface area contributed by atoms with Gasteiger partial charge >= 0.3 is 0 Å². The van der Waals surface area contributed by atoms with Crippen LogP contribution in [0.2, 0.25) is 0 Å². The van der Waals surface area contributed by atoms with E-state index in [9.17, 15) is 5.11 Å². The fourth-order valence-corrected chi connectivity index (χ4v) is 2.10. The van der Waals surface area contributed by atoms with E-state index in [1.165, 1.54) is 6.42 Å². The van der Waals surface area contributed by atoms with Gasteiger partial charge in [0.2, 0.25) is 0 Å². The lowest BCUT2D eigenvalue weighted by atomic mass is 9.92. The van der Waals surface area contributed by atoms with Crippen LogP contribution < -0.4 is 5.32 Å². The van der Waals surface area contributed by atoms with Gasteiger partial charge in [0.25, 0.3) is 0 Å². The normalized spacial score (nSPS) is 25.6. The zero-order chi connectivity index (χ0) is 11.4. The molecule has 0 spiro atoms. The van der Waals surface area contributed by atoms with Crippen molar-refractivity contribution in [3.05, 3.63) is 23.8 Å². The van der Waals surface area contributed by atoms with Gasteiger partial charge in [-0.25, -0.2) is 0 Å². The van der Waals surface area contributed by atoms with Crippen molar-refractivity contribution in [1.29, 1.82) is 0 Å². The Morgan fingerprint density at radius 2 is 2.12 bits per heavy atom. The highest BCUT2D eigenvalue weighted by molar-refractivity contribution is 5.00. The van der Waals surface area contributed by atoms with Crippen LogP contribution in [0.5, 0.6) is 0 Å². The molecule has 2 N–H and O–H groups in total. The minimum Gasteiger partial charge on any atom is -0.392 e. The van der Waals surface area contributed by atoms with E-state index >= 15 is 0 Å². The second-order valence-corrected chi connectivity index (χ2v) is 4.49. The Hall–Kier alpha value is -1.00. The molecule has 1 aromatic heterocycles. The van der Waals surface area contributed by atoms with Gasteiger partial charge in [-0.15, -0.1) is 0 Å². The van der Waals surface area contributed by atoms with Gasteiger partial charge in [0, 0.05) is 25.0 Å². The van der Waals surface area contributed by atoms with Gasteiger partial charge in [-0.05, 0) is 19.8 Å². The summed E-state index contributed by atoms with van der Waals surface area (Å²) in [5.74, 6) is 0. The summed E-state index contributed by atoms with van der Waals surface area (Å²) in [4.78, 5) is 8.48. The molecule has 88 valence electrons. The topological polar surface area (TPSA) is 58.0 Å². The second-order valence-electron chi connectivity index (χ2n) is 4.49. The van der Waals surface area contributed by atoms with Gasteiger partial charge in [-0.3, -0.25) is 9.97 Å². The van der Waals surface area contributed by atoms with Crippen LogP contribution in [0.1, 0.15) is 37.1 Å². The fourth-order valence-electron chi connectivity index (χ4n) is 2.10. The summed E-state index contributed by atoms with van der Waals surface area (Å²) in [5.41, 5.74) is 1.87. The summed E-state index contributed by atoms with van der Waals surface area (Å²) in [5, 5.41) is 13.1. The summed E-state index contributed by atoms with van der Waals surface area (Å²) < 4.78 is 0. The number of aliphatic hydroxyl groups excluding tert-OH is 1. The van der Waals surface area contributed by atoms with E-state index < -0.39 is 0 Å². The lowest BCUT2D eigenvalue weighted by Crippen LogP contribution is -2.41. The highest BCUT2D eigenvalue weighted by atomic mass is 16.3. The minimum absolute atomic E-state index is 0.202. The Morgan fingerprint density at radius 1 is 1.31 bits per heavy atom. The smallest absolute Gasteiger partial charge is 0.0724 e. The molecule has 1 aliphatic rings. The van der Waals surface area contributed by atoms with E-state index in [1.54, 1.807) is 12.4 Å². The Morgan fingerprint density at radius 3 is 2.81 bits per heavy atom. The number of hydrogen-bond donors (Lipinski definition) is 2. The molecule has 1 fully saturated rings. The van der Waals surface area contributed by atoms with Gasteiger partial charge in [-0.1, -0.05) is 12.8 Å². The molecule has 0 bridgehead atoms. The van der Waals surface area contributed by atoms with Gasteiger partial charge < -0.3 is 10.4 Å². The van der Waals surface area contributed by atoms with Crippen LogP contribution in [-0.4, -0.2) is 27.2 Å². The van der Waals surface area contributed by atoms with Gasteiger partial charge in [0.1, 0.15) is 0 Å². The van der Waals surface area contributed by atoms with Crippen LogP contribution >= 0.6 is 0 Å². The highest BCUT2D eigenvalue weighted by Crippen LogP contribution is 2.18. The lowest BCUT2D eigenvalue weighted by molar-refractivity contribution is 0.0901. The summed E-state index contributed by atoms with van der Waals surface area (Å²) >= 11 is 0. The summed E-state index contributed by atoms with van der Waals surface area (Å²) in [7, 11) is 0. The van der Waals surface area contributed by atoms with Crippen LogP contribution in [0, 0.1) is 6.92 Å². The lowest BCUT2D eigenvalue weighted by Gasteiger charge is -2.28. The third kappa shape index (κ3) is 3.00. The Bertz CT molecular complexity index is 326. The highest BCUT2D eigenvalue weighted by Gasteiger charge is 2.22. The van der Waals surface area contributed by atoms with Crippen molar-refractivity contribution in [3.63, 3.8) is 0 Å². The first-order valence-electron chi connectivity index (χ1n) is 5.94. The number of aryl methyl sites for hydroxylation is 1. The summed E-state index contributed by atoms with van der Waals surface area (Å²) in [6, 6.07) is 0.219. The minimum atomic E-state index is -0.202. The van der Waals surface area contributed by atoms with Gasteiger partial charge in [0.15, 0.2) is 0 Å². The fraction of sp³-hybridized carbons (Fsp3) is 0.667. The molecule has 4 heteroatoms. The van der Waals surface area contributed by atoms with E-state index in [-0.39, 0.29) is 12.1 Å². The van der Waals surface area contributed by atoms with Crippen molar-refractivity contribution < 1.29 is 5.11 Å². The van der Waals surface area contributed by atoms with Crippen LogP contribution in [0.25, 0.3) is 0 Å². The maximum absolute atomic E-state index is 9.79. The predicted molar refractivity (Wildman–Crippen MR) is 61.9 cm³/mol. The maximum Gasteiger partial charge on any atom is 0.0724 e. The first kappa shape index (κ1) is 11.5. The van der Waals surface area contributed by atoms with Gasteiger partial charge in [-0.2, -0.15) is 0 Å². The van der Waals surface area contributed by atoms with E-state index in [2.05, 4.69) is 15.3 Å². The van der Waals surface area contributed by atoms with Crippen molar-refractivity contribution >= 4 is 0 Å². The Balaban J connectivity index is 1.84. The molecule has 2 atom stereocenters. The van der Waals surface area contributed by atoms with Crippen molar-refractivity contribution in [1.82, 2.24) is 15.3 Å². The molecule has 1 aliphatic carbocycles. The number of rotatable bonds is 3. The predicted octanol–water partition coefficient (Wildman–Crippen LogP) is 1.18.